The van der Waals surface area contributed by atoms with E-state index in [9.17, 15) is 9.59 Å². The predicted molar refractivity (Wildman–Crippen MR) is 117 cm³/mol. The van der Waals surface area contributed by atoms with Gasteiger partial charge in [0, 0.05) is 5.02 Å². The van der Waals surface area contributed by atoms with Crippen molar-refractivity contribution in [2.45, 2.75) is 0 Å². The fraction of sp³-hybridized carbons (Fsp3) is 0.100. The van der Waals surface area contributed by atoms with Gasteiger partial charge in [0.25, 0.3) is 5.91 Å². The molecule has 0 aliphatic carbocycles. The maximum absolute atomic E-state index is 12.7. The molecule has 0 spiro atoms. The summed E-state index contributed by atoms with van der Waals surface area (Å²) in [6.45, 7) is 3.97. The van der Waals surface area contributed by atoms with Crippen LogP contribution in [0.4, 0.5) is 10.5 Å². The molecule has 1 N–H and O–H groups in total. The van der Waals surface area contributed by atoms with Crippen LogP contribution in [0.1, 0.15) is 5.56 Å². The van der Waals surface area contributed by atoms with Crippen molar-refractivity contribution in [1.29, 1.82) is 0 Å². The van der Waals surface area contributed by atoms with Gasteiger partial charge in [0.2, 0.25) is 0 Å². The standard InChI is InChI=1S/C20H16ClIN2O4/c1-3-7-28-18-15(22)8-12(10-17(18)27-2)9-16-19(25)24(20(26)23-16)14-6-4-5-13(21)11-14/h3-6,8-11H,1,7H2,2H3,(H,23,26)/b16-9-. The van der Waals surface area contributed by atoms with E-state index < -0.39 is 11.9 Å². The lowest BCUT2D eigenvalue weighted by molar-refractivity contribution is -0.113. The van der Waals surface area contributed by atoms with Crippen LogP contribution in [0.25, 0.3) is 6.08 Å². The first kappa shape index (κ1) is 20.2. The molecule has 0 bridgehead atoms. The normalized spacial score (nSPS) is 15.0. The van der Waals surface area contributed by atoms with Crippen molar-refractivity contribution in [3.05, 3.63) is 68.9 Å². The number of rotatable bonds is 6. The highest BCUT2D eigenvalue weighted by Gasteiger charge is 2.35. The number of imide groups is 1. The number of anilines is 1. The van der Waals surface area contributed by atoms with E-state index in [-0.39, 0.29) is 5.70 Å². The molecule has 0 saturated carbocycles. The summed E-state index contributed by atoms with van der Waals surface area (Å²) in [4.78, 5) is 26.1. The zero-order valence-corrected chi connectivity index (χ0v) is 17.8. The number of urea groups is 1. The highest BCUT2D eigenvalue weighted by Crippen LogP contribution is 2.35. The Morgan fingerprint density at radius 1 is 1.29 bits per heavy atom. The van der Waals surface area contributed by atoms with Crippen LogP contribution in [0.3, 0.4) is 0 Å². The Balaban J connectivity index is 1.93. The van der Waals surface area contributed by atoms with Crippen LogP contribution in [0, 0.1) is 3.57 Å². The Morgan fingerprint density at radius 2 is 2.07 bits per heavy atom. The van der Waals surface area contributed by atoms with Gasteiger partial charge in [-0.3, -0.25) is 4.79 Å². The van der Waals surface area contributed by atoms with Crippen LogP contribution in [-0.2, 0) is 4.79 Å². The second-order valence-corrected chi connectivity index (χ2v) is 7.34. The van der Waals surface area contributed by atoms with Crippen molar-refractivity contribution >= 4 is 57.9 Å². The summed E-state index contributed by atoms with van der Waals surface area (Å²) in [6.07, 6.45) is 3.23. The van der Waals surface area contributed by atoms with Crippen molar-refractivity contribution in [2.24, 2.45) is 0 Å². The first-order valence-electron chi connectivity index (χ1n) is 8.18. The summed E-state index contributed by atoms with van der Waals surface area (Å²) in [5, 5.41) is 3.03. The molecule has 0 aromatic heterocycles. The molecular formula is C20H16ClIN2O4. The summed E-state index contributed by atoms with van der Waals surface area (Å²) in [7, 11) is 1.53. The fourth-order valence-electron chi connectivity index (χ4n) is 2.66. The van der Waals surface area contributed by atoms with Gasteiger partial charge in [0.05, 0.1) is 16.4 Å². The third-order valence-corrected chi connectivity index (χ3v) is 4.89. The minimum Gasteiger partial charge on any atom is -0.493 e. The highest BCUT2D eigenvalue weighted by molar-refractivity contribution is 14.1. The van der Waals surface area contributed by atoms with Crippen LogP contribution < -0.4 is 19.7 Å². The van der Waals surface area contributed by atoms with E-state index in [4.69, 9.17) is 21.1 Å². The maximum Gasteiger partial charge on any atom is 0.333 e. The highest BCUT2D eigenvalue weighted by atomic mass is 127. The number of nitrogens with one attached hydrogen (secondary N) is 1. The molecule has 3 amide bonds. The van der Waals surface area contributed by atoms with Gasteiger partial charge >= 0.3 is 6.03 Å². The number of ether oxygens (including phenoxy) is 2. The van der Waals surface area contributed by atoms with E-state index in [1.165, 1.54) is 7.11 Å². The Hall–Kier alpha value is -2.52. The van der Waals surface area contributed by atoms with Crippen LogP contribution in [0.15, 0.2) is 54.8 Å². The van der Waals surface area contributed by atoms with Gasteiger partial charge in [0.15, 0.2) is 11.5 Å². The number of hydrogen-bond donors (Lipinski definition) is 1. The lowest BCUT2D eigenvalue weighted by Crippen LogP contribution is -2.30. The number of carbonyl (C=O) groups is 2. The zero-order valence-electron chi connectivity index (χ0n) is 14.9. The van der Waals surface area contributed by atoms with Crippen LogP contribution in [0.5, 0.6) is 11.5 Å². The van der Waals surface area contributed by atoms with Crippen molar-refractivity contribution < 1.29 is 19.1 Å². The molecule has 0 atom stereocenters. The quantitative estimate of drug-likeness (QED) is 0.267. The second kappa shape index (κ2) is 8.66. The van der Waals surface area contributed by atoms with Crippen molar-refractivity contribution in [3.63, 3.8) is 0 Å². The SMILES string of the molecule is C=CCOc1c(I)cc(/C=C2\NC(=O)N(c3cccc(Cl)c3)C2=O)cc1OC. The Morgan fingerprint density at radius 3 is 2.75 bits per heavy atom. The number of benzene rings is 2. The zero-order chi connectivity index (χ0) is 20.3. The van der Waals surface area contributed by atoms with Gasteiger partial charge in [0.1, 0.15) is 12.3 Å². The molecule has 2 aromatic rings. The van der Waals surface area contributed by atoms with Crippen LogP contribution in [-0.4, -0.2) is 25.7 Å². The van der Waals surface area contributed by atoms with E-state index in [0.717, 1.165) is 8.47 Å². The van der Waals surface area contributed by atoms with Crippen LogP contribution >= 0.6 is 34.2 Å². The average Bonchev–Trinajstić information content (AvgIpc) is 2.93. The molecule has 0 radical (unpaired) electrons. The monoisotopic (exact) mass is 510 g/mol. The van der Waals surface area contributed by atoms with E-state index in [1.807, 2.05) is 6.07 Å². The predicted octanol–water partition coefficient (Wildman–Crippen LogP) is 4.62. The third-order valence-electron chi connectivity index (χ3n) is 3.85. The lowest BCUT2D eigenvalue weighted by atomic mass is 10.1. The molecule has 8 heteroatoms. The molecule has 144 valence electrons. The van der Waals surface area contributed by atoms with Gasteiger partial charge < -0.3 is 14.8 Å². The summed E-state index contributed by atoms with van der Waals surface area (Å²) < 4.78 is 11.8. The largest absolute Gasteiger partial charge is 0.493 e. The molecule has 6 nitrogen and oxygen atoms in total. The molecule has 1 saturated heterocycles. The number of nitrogens with zero attached hydrogens (tertiary/aromatic N) is 1. The van der Waals surface area contributed by atoms with Gasteiger partial charge in [-0.25, -0.2) is 9.69 Å². The number of hydrogen-bond acceptors (Lipinski definition) is 4. The molecule has 1 heterocycles. The summed E-state index contributed by atoms with van der Waals surface area (Å²) in [5.41, 5.74) is 1.24. The average molecular weight is 511 g/mol. The fourth-order valence-corrected chi connectivity index (χ4v) is 3.62. The van der Waals surface area contributed by atoms with Gasteiger partial charge in [-0.05, 0) is 64.6 Å². The molecule has 1 aliphatic rings. The lowest BCUT2D eigenvalue weighted by Gasteiger charge is -2.13. The van der Waals surface area contributed by atoms with Gasteiger partial charge in [-0.1, -0.05) is 30.3 Å². The molecule has 3 rings (SSSR count). The number of amides is 3. The minimum absolute atomic E-state index is 0.155. The topological polar surface area (TPSA) is 67.9 Å². The van der Waals surface area contributed by atoms with Crippen molar-refractivity contribution in [1.82, 2.24) is 5.32 Å². The number of carbonyl (C=O) groups excluding carboxylic acids is 2. The molecule has 28 heavy (non-hydrogen) atoms. The third kappa shape index (κ3) is 4.15. The van der Waals surface area contributed by atoms with Crippen molar-refractivity contribution in [2.75, 3.05) is 18.6 Å². The molecule has 0 unspecified atom stereocenters. The molecule has 1 aliphatic heterocycles. The van der Waals surface area contributed by atoms with Crippen molar-refractivity contribution in [3.8, 4) is 11.5 Å². The maximum atomic E-state index is 12.7. The summed E-state index contributed by atoms with van der Waals surface area (Å²) in [5.74, 6) is 0.643. The van der Waals surface area contributed by atoms with E-state index in [2.05, 4.69) is 34.5 Å². The molecular weight excluding hydrogens is 495 g/mol. The Kier molecular flexibility index (Phi) is 6.25. The second-order valence-electron chi connectivity index (χ2n) is 5.74. The Bertz CT molecular complexity index is 990. The number of methoxy groups -OCH3 is 1. The molecule has 2 aromatic carbocycles. The first-order chi connectivity index (χ1) is 13.4. The summed E-state index contributed by atoms with van der Waals surface area (Å²) in [6, 6.07) is 9.57. The first-order valence-corrected chi connectivity index (χ1v) is 9.64. The van der Waals surface area contributed by atoms with E-state index in [0.29, 0.717) is 34.4 Å². The van der Waals surface area contributed by atoms with Gasteiger partial charge in [-0.2, -0.15) is 0 Å². The smallest absolute Gasteiger partial charge is 0.333 e. The van der Waals surface area contributed by atoms with E-state index in [1.54, 1.807) is 42.5 Å². The summed E-state index contributed by atoms with van der Waals surface area (Å²) >= 11 is 8.09. The van der Waals surface area contributed by atoms with Gasteiger partial charge in [-0.15, -0.1) is 0 Å². The molecule has 1 fully saturated rings. The minimum atomic E-state index is -0.536. The van der Waals surface area contributed by atoms with E-state index >= 15 is 0 Å². The Labute approximate surface area is 180 Å². The number of halogens is 2. The van der Waals surface area contributed by atoms with Crippen LogP contribution in [0.2, 0.25) is 5.02 Å².